The van der Waals surface area contributed by atoms with Gasteiger partial charge < -0.3 is 9.47 Å². The van der Waals surface area contributed by atoms with E-state index in [1.807, 2.05) is 6.92 Å². The summed E-state index contributed by atoms with van der Waals surface area (Å²) in [6.07, 6.45) is 6.61. The molecule has 0 aromatic heterocycles. The monoisotopic (exact) mass is 546 g/mol. The number of hydrogen-bond donors (Lipinski definition) is 1. The van der Waals surface area contributed by atoms with Crippen molar-refractivity contribution in [3.8, 4) is 23.8 Å². The summed E-state index contributed by atoms with van der Waals surface area (Å²) in [5.74, 6) is 1.95. The number of carbonyl (C=O) groups excluding carboxylic acids is 3. The number of barbiturate groups is 1. The lowest BCUT2D eigenvalue weighted by molar-refractivity contribution is -0.122. The fourth-order valence-electron chi connectivity index (χ4n) is 2.83. The quantitative estimate of drug-likeness (QED) is 0.331. The molecule has 1 saturated heterocycles. The fraction of sp³-hybridized carbons (Fsp3) is 0.136. The van der Waals surface area contributed by atoms with Crippen LogP contribution in [0.25, 0.3) is 6.08 Å². The van der Waals surface area contributed by atoms with Crippen LogP contribution in [0.2, 0.25) is 0 Å². The normalized spacial score (nSPS) is 15.0. The molecule has 4 amide bonds. The molecule has 1 N–H and O–H groups in total. The van der Waals surface area contributed by atoms with Gasteiger partial charge in [0.05, 0.1) is 21.2 Å². The predicted molar refractivity (Wildman–Crippen MR) is 123 cm³/mol. The third-order valence-corrected chi connectivity index (χ3v) is 5.32. The van der Waals surface area contributed by atoms with Crippen molar-refractivity contribution >= 4 is 61.5 Å². The molecule has 2 aromatic rings. The maximum atomic E-state index is 13.0. The number of rotatable bonds is 6. The van der Waals surface area contributed by atoms with E-state index >= 15 is 0 Å². The van der Waals surface area contributed by atoms with Crippen LogP contribution in [0, 0.1) is 12.3 Å². The molecule has 0 spiro atoms. The standard InChI is InChI=1S/C22H16Br2N2O5/c1-3-9-31-19-17(23)11-13(12-18(19)24)10-16-20(27)25-22(29)26(21(16)28)14-5-7-15(8-6-14)30-4-2/h1,5-8,10-12H,4,9H2,2H3,(H,25,27,29)/b16-10+. The van der Waals surface area contributed by atoms with E-state index in [1.54, 1.807) is 36.4 Å². The Balaban J connectivity index is 1.94. The van der Waals surface area contributed by atoms with E-state index in [4.69, 9.17) is 15.9 Å². The number of amides is 4. The molecule has 0 aliphatic carbocycles. The number of imide groups is 2. The summed E-state index contributed by atoms with van der Waals surface area (Å²) in [7, 11) is 0. The number of ether oxygens (including phenoxy) is 2. The zero-order valence-corrected chi connectivity index (χ0v) is 19.4. The van der Waals surface area contributed by atoms with Crippen LogP contribution in [0.3, 0.4) is 0 Å². The van der Waals surface area contributed by atoms with Crippen LogP contribution in [-0.4, -0.2) is 31.1 Å². The second-order valence-corrected chi connectivity index (χ2v) is 7.90. The van der Waals surface area contributed by atoms with E-state index in [-0.39, 0.29) is 12.2 Å². The minimum absolute atomic E-state index is 0.0810. The van der Waals surface area contributed by atoms with Crippen molar-refractivity contribution in [1.29, 1.82) is 0 Å². The number of benzene rings is 2. The summed E-state index contributed by atoms with van der Waals surface area (Å²) in [4.78, 5) is 38.6. The Morgan fingerprint density at radius 2 is 1.74 bits per heavy atom. The number of terminal acetylenes is 1. The van der Waals surface area contributed by atoms with Gasteiger partial charge in [0.15, 0.2) is 0 Å². The zero-order chi connectivity index (χ0) is 22.5. The second kappa shape index (κ2) is 9.81. The number of hydrogen-bond acceptors (Lipinski definition) is 5. The summed E-state index contributed by atoms with van der Waals surface area (Å²) in [6, 6.07) is 8.94. The average molecular weight is 548 g/mol. The molecule has 0 radical (unpaired) electrons. The third kappa shape index (κ3) is 4.98. The lowest BCUT2D eigenvalue weighted by Crippen LogP contribution is -2.54. The molecule has 0 saturated carbocycles. The molecule has 3 rings (SSSR count). The van der Waals surface area contributed by atoms with Crippen molar-refractivity contribution in [2.24, 2.45) is 0 Å². The smallest absolute Gasteiger partial charge is 0.335 e. The van der Waals surface area contributed by atoms with Crippen LogP contribution < -0.4 is 19.7 Å². The van der Waals surface area contributed by atoms with Crippen LogP contribution in [0.1, 0.15) is 12.5 Å². The molecule has 1 aliphatic rings. The van der Waals surface area contributed by atoms with Gasteiger partial charge in [0.1, 0.15) is 23.7 Å². The minimum Gasteiger partial charge on any atom is -0.494 e. The van der Waals surface area contributed by atoms with E-state index in [0.29, 0.717) is 38.3 Å². The lowest BCUT2D eigenvalue weighted by atomic mass is 10.1. The third-order valence-electron chi connectivity index (χ3n) is 4.14. The molecule has 7 nitrogen and oxygen atoms in total. The molecule has 31 heavy (non-hydrogen) atoms. The van der Waals surface area contributed by atoms with Crippen molar-refractivity contribution in [3.05, 3.63) is 56.5 Å². The van der Waals surface area contributed by atoms with Crippen LogP contribution >= 0.6 is 31.9 Å². The van der Waals surface area contributed by atoms with Crippen molar-refractivity contribution in [3.63, 3.8) is 0 Å². The Bertz CT molecular complexity index is 1100. The van der Waals surface area contributed by atoms with E-state index < -0.39 is 17.8 Å². The Labute approximate surface area is 195 Å². The molecule has 0 bridgehead atoms. The SMILES string of the molecule is C#CCOc1c(Br)cc(/C=C2\C(=O)NC(=O)N(c3ccc(OCC)cc3)C2=O)cc1Br. The Hall–Kier alpha value is -3.09. The average Bonchev–Trinajstić information content (AvgIpc) is 2.72. The highest BCUT2D eigenvalue weighted by atomic mass is 79.9. The van der Waals surface area contributed by atoms with Crippen LogP contribution in [-0.2, 0) is 9.59 Å². The molecular formula is C22H16Br2N2O5. The van der Waals surface area contributed by atoms with Crippen molar-refractivity contribution in [2.45, 2.75) is 6.92 Å². The number of nitrogens with zero attached hydrogens (tertiary/aromatic N) is 1. The highest BCUT2D eigenvalue weighted by molar-refractivity contribution is 9.11. The van der Waals surface area contributed by atoms with Crippen LogP contribution in [0.5, 0.6) is 11.5 Å². The zero-order valence-electron chi connectivity index (χ0n) is 16.3. The Kier molecular flexibility index (Phi) is 7.15. The van der Waals surface area contributed by atoms with Gasteiger partial charge in [-0.2, -0.15) is 0 Å². The van der Waals surface area contributed by atoms with Gasteiger partial charge in [-0.25, -0.2) is 9.69 Å². The van der Waals surface area contributed by atoms with Crippen molar-refractivity contribution in [1.82, 2.24) is 5.32 Å². The molecule has 1 aliphatic heterocycles. The molecule has 1 fully saturated rings. The highest BCUT2D eigenvalue weighted by Gasteiger charge is 2.36. The van der Waals surface area contributed by atoms with Crippen LogP contribution in [0.4, 0.5) is 10.5 Å². The van der Waals surface area contributed by atoms with Gasteiger partial charge in [0.2, 0.25) is 0 Å². The molecule has 0 atom stereocenters. The van der Waals surface area contributed by atoms with Gasteiger partial charge in [-0.1, -0.05) is 5.92 Å². The number of urea groups is 1. The Morgan fingerprint density at radius 1 is 1.10 bits per heavy atom. The molecule has 1 heterocycles. The maximum absolute atomic E-state index is 13.0. The number of nitrogens with one attached hydrogen (secondary N) is 1. The second-order valence-electron chi connectivity index (χ2n) is 6.19. The van der Waals surface area contributed by atoms with E-state index in [0.717, 1.165) is 4.90 Å². The van der Waals surface area contributed by atoms with E-state index in [1.165, 1.54) is 6.08 Å². The van der Waals surface area contributed by atoms with Crippen molar-refractivity contribution in [2.75, 3.05) is 18.1 Å². The highest BCUT2D eigenvalue weighted by Crippen LogP contribution is 2.35. The maximum Gasteiger partial charge on any atom is 0.335 e. The number of carbonyl (C=O) groups is 3. The van der Waals surface area contributed by atoms with Crippen molar-refractivity contribution < 1.29 is 23.9 Å². The molecule has 2 aromatic carbocycles. The fourth-order valence-corrected chi connectivity index (χ4v) is 4.28. The van der Waals surface area contributed by atoms with Gasteiger partial charge >= 0.3 is 6.03 Å². The first-order valence-corrected chi connectivity index (χ1v) is 10.6. The first-order chi connectivity index (χ1) is 14.8. The minimum atomic E-state index is -0.822. The van der Waals surface area contributed by atoms with Gasteiger partial charge in [0, 0.05) is 0 Å². The van der Waals surface area contributed by atoms with Gasteiger partial charge in [-0.3, -0.25) is 14.9 Å². The topological polar surface area (TPSA) is 84.9 Å². The summed E-state index contributed by atoms with van der Waals surface area (Å²) in [5, 5.41) is 2.19. The first-order valence-electron chi connectivity index (χ1n) is 9.05. The molecule has 0 unspecified atom stereocenters. The van der Waals surface area contributed by atoms with E-state index in [2.05, 4.69) is 43.1 Å². The molecule has 9 heteroatoms. The summed E-state index contributed by atoms with van der Waals surface area (Å²) < 4.78 is 12.0. The number of anilines is 1. The van der Waals surface area contributed by atoms with E-state index in [9.17, 15) is 14.4 Å². The molecular weight excluding hydrogens is 532 g/mol. The summed E-state index contributed by atoms with van der Waals surface area (Å²) in [6.45, 7) is 2.42. The largest absolute Gasteiger partial charge is 0.494 e. The summed E-state index contributed by atoms with van der Waals surface area (Å²) in [5.41, 5.74) is 0.653. The van der Waals surface area contributed by atoms with Gasteiger partial charge in [0.25, 0.3) is 11.8 Å². The number of halogens is 2. The predicted octanol–water partition coefficient (Wildman–Crippen LogP) is 4.29. The Morgan fingerprint density at radius 3 is 2.32 bits per heavy atom. The first kappa shape index (κ1) is 22.6. The van der Waals surface area contributed by atoms with Gasteiger partial charge in [-0.15, -0.1) is 6.42 Å². The van der Waals surface area contributed by atoms with Crippen LogP contribution in [0.15, 0.2) is 50.9 Å². The summed E-state index contributed by atoms with van der Waals surface area (Å²) >= 11 is 6.77. The lowest BCUT2D eigenvalue weighted by Gasteiger charge is -2.26. The molecule has 158 valence electrons. The van der Waals surface area contributed by atoms with Gasteiger partial charge in [-0.05, 0) is 86.8 Å².